The second-order valence-electron chi connectivity index (χ2n) is 3.49. The molecule has 0 aliphatic heterocycles. The summed E-state index contributed by atoms with van der Waals surface area (Å²) >= 11 is 0. The van der Waals surface area contributed by atoms with Crippen molar-refractivity contribution >= 4 is 17.4 Å². The third-order valence-electron chi connectivity index (χ3n) is 1.96. The van der Waals surface area contributed by atoms with Crippen LogP contribution in [0.1, 0.15) is 13.8 Å². The molecule has 0 bridgehead atoms. The van der Waals surface area contributed by atoms with E-state index in [9.17, 15) is 9.59 Å². The Labute approximate surface area is 99.9 Å². The van der Waals surface area contributed by atoms with E-state index in [2.05, 4.69) is 10.7 Å². The average Bonchev–Trinajstić information content (AvgIpc) is 2.28. The molecular weight excluding hydrogens is 218 g/mol. The van der Waals surface area contributed by atoms with E-state index in [-0.39, 0.29) is 17.4 Å². The van der Waals surface area contributed by atoms with Gasteiger partial charge in [-0.2, -0.15) is 0 Å². The molecule has 0 aliphatic rings. The zero-order valence-corrected chi connectivity index (χ0v) is 9.86. The summed E-state index contributed by atoms with van der Waals surface area (Å²) in [6.45, 7) is 2.76. The molecule has 5 heteroatoms. The minimum Gasteiger partial charge on any atom is -0.319 e. The van der Waals surface area contributed by atoms with Crippen molar-refractivity contribution in [3.63, 3.8) is 0 Å². The SMILES string of the molecule is CC(=O)N/C(=C/[NH2+]Nc1ccccc1)C(C)=O. The molecule has 0 unspecified atom stereocenters. The van der Waals surface area contributed by atoms with Gasteiger partial charge in [-0.05, 0) is 12.1 Å². The van der Waals surface area contributed by atoms with Gasteiger partial charge in [-0.15, -0.1) is 0 Å². The Morgan fingerprint density at radius 3 is 2.35 bits per heavy atom. The highest BCUT2D eigenvalue weighted by atomic mass is 16.2. The smallest absolute Gasteiger partial charge is 0.221 e. The van der Waals surface area contributed by atoms with Crippen molar-refractivity contribution < 1.29 is 15.0 Å². The molecule has 0 fully saturated rings. The third-order valence-corrected chi connectivity index (χ3v) is 1.96. The van der Waals surface area contributed by atoms with Crippen LogP contribution in [0.25, 0.3) is 0 Å². The van der Waals surface area contributed by atoms with Crippen LogP contribution < -0.4 is 16.2 Å². The van der Waals surface area contributed by atoms with Gasteiger partial charge in [0.05, 0.1) is 5.69 Å². The van der Waals surface area contributed by atoms with Gasteiger partial charge < -0.3 is 5.32 Å². The number of nitrogens with one attached hydrogen (secondary N) is 2. The minimum absolute atomic E-state index is 0.189. The number of nitrogen functional groups attached to an aromatic ring is 1. The lowest BCUT2D eigenvalue weighted by Crippen LogP contribution is -2.83. The first-order chi connectivity index (χ1) is 8.09. The van der Waals surface area contributed by atoms with E-state index in [0.29, 0.717) is 0 Å². The summed E-state index contributed by atoms with van der Waals surface area (Å²) in [7, 11) is 0. The topological polar surface area (TPSA) is 74.8 Å². The van der Waals surface area contributed by atoms with Crippen LogP contribution in [0.5, 0.6) is 0 Å². The van der Waals surface area contributed by atoms with Gasteiger partial charge in [0, 0.05) is 13.8 Å². The first kappa shape index (κ1) is 12.9. The molecule has 4 N–H and O–H groups in total. The summed E-state index contributed by atoms with van der Waals surface area (Å²) in [5.74, 6) is -0.453. The summed E-state index contributed by atoms with van der Waals surface area (Å²) in [6, 6.07) is 9.52. The zero-order chi connectivity index (χ0) is 12.7. The van der Waals surface area contributed by atoms with Crippen LogP contribution in [-0.2, 0) is 9.59 Å². The number of ketones is 1. The number of benzene rings is 1. The summed E-state index contributed by atoms with van der Waals surface area (Å²) < 4.78 is 0. The highest BCUT2D eigenvalue weighted by molar-refractivity contribution is 5.96. The predicted molar refractivity (Wildman–Crippen MR) is 64.6 cm³/mol. The van der Waals surface area contributed by atoms with Gasteiger partial charge in [0.25, 0.3) is 0 Å². The Balaban J connectivity index is 2.55. The van der Waals surface area contributed by atoms with E-state index in [1.54, 1.807) is 5.43 Å². The first-order valence-electron chi connectivity index (χ1n) is 5.23. The largest absolute Gasteiger partial charge is 0.319 e. The lowest BCUT2D eigenvalue weighted by Gasteiger charge is -2.04. The Morgan fingerprint density at radius 1 is 1.18 bits per heavy atom. The number of rotatable bonds is 5. The third kappa shape index (κ3) is 4.94. The summed E-state index contributed by atoms with van der Waals surface area (Å²) in [6.07, 6.45) is 1.54. The number of nitrogens with two attached hydrogens (primary N) is 1. The summed E-state index contributed by atoms with van der Waals surface area (Å²) in [5.41, 5.74) is 5.79. The van der Waals surface area contributed by atoms with E-state index < -0.39 is 0 Å². The number of para-hydroxylation sites is 1. The number of carbonyl (C=O) groups is 2. The van der Waals surface area contributed by atoms with Crippen LogP contribution in [0, 0.1) is 0 Å². The van der Waals surface area contributed by atoms with Gasteiger partial charge in [0.15, 0.2) is 5.78 Å². The molecule has 0 heterocycles. The normalized spacial score (nSPS) is 10.8. The molecule has 1 aromatic carbocycles. The lowest BCUT2D eigenvalue weighted by molar-refractivity contribution is -0.556. The van der Waals surface area contributed by atoms with Crippen molar-refractivity contribution in [2.45, 2.75) is 13.8 Å². The molecule has 5 nitrogen and oxygen atoms in total. The fourth-order valence-electron chi connectivity index (χ4n) is 1.19. The van der Waals surface area contributed by atoms with E-state index >= 15 is 0 Å². The molecule has 1 rings (SSSR count). The van der Waals surface area contributed by atoms with Crippen molar-refractivity contribution in [2.24, 2.45) is 0 Å². The van der Waals surface area contributed by atoms with Crippen LogP contribution in [0.15, 0.2) is 42.2 Å². The average molecular weight is 234 g/mol. The molecule has 0 aliphatic carbocycles. The Hall–Kier alpha value is -2.14. The van der Waals surface area contributed by atoms with Crippen molar-refractivity contribution in [1.29, 1.82) is 0 Å². The second-order valence-corrected chi connectivity index (χ2v) is 3.49. The van der Waals surface area contributed by atoms with Gasteiger partial charge in [-0.1, -0.05) is 18.2 Å². The van der Waals surface area contributed by atoms with Crippen molar-refractivity contribution in [3.8, 4) is 0 Å². The number of allylic oxidation sites excluding steroid dienone is 1. The molecule has 0 spiro atoms. The maximum Gasteiger partial charge on any atom is 0.221 e. The fourth-order valence-corrected chi connectivity index (χ4v) is 1.19. The van der Waals surface area contributed by atoms with Gasteiger partial charge in [-0.25, -0.2) is 10.9 Å². The van der Waals surface area contributed by atoms with E-state index in [1.807, 2.05) is 30.3 Å². The molecular formula is C12H16N3O2+. The number of Topliss-reactive ketones (excluding diaryl/α,β-unsaturated/α-hetero) is 1. The number of hydrogen-bond acceptors (Lipinski definition) is 3. The molecule has 0 radical (unpaired) electrons. The van der Waals surface area contributed by atoms with E-state index in [4.69, 9.17) is 0 Å². The molecule has 0 saturated carbocycles. The van der Waals surface area contributed by atoms with Gasteiger partial charge >= 0.3 is 0 Å². The van der Waals surface area contributed by atoms with Crippen molar-refractivity contribution in [1.82, 2.24) is 5.32 Å². The number of carbonyl (C=O) groups excluding carboxylic acids is 2. The quantitative estimate of drug-likeness (QED) is 0.385. The molecule has 1 amide bonds. The van der Waals surface area contributed by atoms with Gasteiger partial charge in [-0.3, -0.25) is 9.59 Å². The Bertz CT molecular complexity index is 427. The summed E-state index contributed by atoms with van der Waals surface area (Å²) in [5, 5.41) is 2.47. The molecule has 1 aromatic rings. The number of hydrogen-bond donors (Lipinski definition) is 3. The number of amides is 1. The maximum atomic E-state index is 11.2. The molecule has 17 heavy (non-hydrogen) atoms. The highest BCUT2D eigenvalue weighted by Crippen LogP contribution is 2.00. The second kappa shape index (κ2) is 6.44. The zero-order valence-electron chi connectivity index (χ0n) is 9.86. The standard InChI is InChI=1S/C12H15N3O2/c1-9(16)12(14-10(2)17)8-13-15-11-6-4-3-5-7-11/h3-8,13,15H,1-2H3,(H,14,17)/p+1/b12-8+. The molecule has 90 valence electrons. The van der Waals surface area contributed by atoms with Crippen molar-refractivity contribution in [2.75, 3.05) is 5.43 Å². The highest BCUT2D eigenvalue weighted by Gasteiger charge is 2.06. The lowest BCUT2D eigenvalue weighted by atomic mass is 10.3. The van der Waals surface area contributed by atoms with Crippen LogP contribution in [-0.4, -0.2) is 11.7 Å². The van der Waals surface area contributed by atoms with Crippen LogP contribution in [0.3, 0.4) is 0 Å². The van der Waals surface area contributed by atoms with E-state index in [0.717, 1.165) is 5.69 Å². The van der Waals surface area contributed by atoms with E-state index in [1.165, 1.54) is 20.0 Å². The monoisotopic (exact) mass is 234 g/mol. The van der Waals surface area contributed by atoms with Crippen LogP contribution in [0.4, 0.5) is 5.69 Å². The molecule has 0 aromatic heterocycles. The maximum absolute atomic E-state index is 11.2. The Morgan fingerprint density at radius 2 is 1.82 bits per heavy atom. The van der Waals surface area contributed by atoms with Gasteiger partial charge in [0.1, 0.15) is 11.9 Å². The van der Waals surface area contributed by atoms with Crippen LogP contribution in [0.2, 0.25) is 0 Å². The number of anilines is 1. The Kier molecular flexibility index (Phi) is 4.90. The predicted octanol–water partition coefficient (Wildman–Crippen LogP) is 0.143. The summed E-state index contributed by atoms with van der Waals surface area (Å²) in [4.78, 5) is 22.0. The first-order valence-corrected chi connectivity index (χ1v) is 5.23. The molecule has 0 saturated heterocycles. The molecule has 0 atom stereocenters. The number of quaternary nitrogens is 1. The van der Waals surface area contributed by atoms with Crippen molar-refractivity contribution in [3.05, 3.63) is 42.2 Å². The van der Waals surface area contributed by atoms with Crippen LogP contribution >= 0.6 is 0 Å². The minimum atomic E-state index is -0.264. The van der Waals surface area contributed by atoms with Gasteiger partial charge in [0.2, 0.25) is 5.91 Å². The fraction of sp³-hybridized carbons (Fsp3) is 0.167.